The van der Waals surface area contributed by atoms with Gasteiger partial charge in [0, 0.05) is 78.3 Å². The first-order valence-corrected chi connectivity index (χ1v) is 22.3. The number of likely N-dealkylation sites (N-methyl/N-ethyl adjacent to an activating group) is 3. The van der Waals surface area contributed by atoms with E-state index in [1.54, 1.807) is 60.7 Å². The van der Waals surface area contributed by atoms with E-state index in [4.69, 9.17) is 23.2 Å². The van der Waals surface area contributed by atoms with Gasteiger partial charge >= 0.3 is 41.3 Å². The molecule has 5 aliphatic rings. The van der Waals surface area contributed by atoms with Crippen molar-refractivity contribution >= 4 is 46.4 Å². The van der Waals surface area contributed by atoms with Crippen LogP contribution in [0.25, 0.3) is 0 Å². The van der Waals surface area contributed by atoms with E-state index in [2.05, 4.69) is 25.1 Å². The minimum absolute atomic E-state index is 0. The van der Waals surface area contributed by atoms with Crippen LogP contribution in [0.5, 0.6) is 0 Å². The summed E-state index contributed by atoms with van der Waals surface area (Å²) in [5.74, 6) is 0.590. The number of hydrogen-bond donors (Lipinski definition) is 0. The highest BCUT2D eigenvalue weighted by Crippen LogP contribution is 2.35. The number of carbonyl (C=O) groups is 2. The molecule has 0 N–H and O–H groups in total. The van der Waals surface area contributed by atoms with Crippen LogP contribution < -0.4 is 26.6 Å². The van der Waals surface area contributed by atoms with Gasteiger partial charge in [-0.1, -0.05) is 42.8 Å². The number of aromatic nitrogens is 7. The average molecular weight is 1100 g/mol. The van der Waals surface area contributed by atoms with Crippen molar-refractivity contribution in [2.45, 2.75) is 119 Å². The third-order valence-electron chi connectivity index (χ3n) is 10.8. The summed E-state index contributed by atoms with van der Waals surface area (Å²) in [5, 5.41) is 11.2. The Kier molecular flexibility index (Phi) is 27.7. The number of aryl methyl sites for hydroxylation is 3. The minimum atomic E-state index is -4.35. The summed E-state index contributed by atoms with van der Waals surface area (Å²) in [5.41, 5.74) is 2.33. The SMILES string of the molecule is C.C.CC1=C(Cl)C(C(F)(F)F)[N+](C)=N1.CC1=C(Cl)C(OC(F)F)[N+](C)=N1.CN1C(=O)C2=C(CCCC2)C1=O.CN=c1sc(=O)n2n1CCCC2.Cc1cc(=O)n(C)c(=O)n1C.Cc1nn(C)c(=O)n1C.F.F. The summed E-state index contributed by atoms with van der Waals surface area (Å²) in [6.45, 7) is 5.55. The van der Waals surface area contributed by atoms with Crippen molar-refractivity contribution in [3.63, 3.8) is 0 Å². The lowest BCUT2D eigenvalue weighted by atomic mass is 9.93. The summed E-state index contributed by atoms with van der Waals surface area (Å²) in [6, 6.07) is -0.333. The smallest absolute Gasteiger partial charge is 0.301 e. The predicted octanol–water partition coefficient (Wildman–Crippen LogP) is 5.91. The van der Waals surface area contributed by atoms with Crippen molar-refractivity contribution in [2.24, 2.45) is 43.4 Å². The maximum absolute atomic E-state index is 12.2. The molecule has 3 aromatic heterocycles. The van der Waals surface area contributed by atoms with Gasteiger partial charge in [0.15, 0.2) is 14.1 Å². The number of amides is 2. The highest BCUT2D eigenvalue weighted by atomic mass is 35.5. The molecule has 8 rings (SSSR count). The molecule has 0 bridgehead atoms. The maximum Gasteiger partial charge on any atom is 0.459 e. The van der Waals surface area contributed by atoms with Gasteiger partial charge in [-0.2, -0.15) is 27.1 Å². The molecule has 7 heterocycles. The summed E-state index contributed by atoms with van der Waals surface area (Å²) in [6.07, 6.45) is 0.661. The molecule has 0 fully saturated rings. The number of alkyl halides is 5. The zero-order valence-corrected chi connectivity index (χ0v) is 42.8. The number of hydrogen-bond acceptors (Lipinski definition) is 12. The molecular weight excluding hydrogens is 1030 g/mol. The lowest BCUT2D eigenvalue weighted by Crippen LogP contribution is -2.37. The Labute approximate surface area is 424 Å². The molecule has 72 heavy (non-hydrogen) atoms. The number of azo groups is 4. The maximum atomic E-state index is 12.2. The molecule has 1 aliphatic carbocycles. The molecule has 4 aliphatic heterocycles. The van der Waals surface area contributed by atoms with Gasteiger partial charge in [-0.15, -0.1) is 4.70 Å². The Morgan fingerprint density at radius 2 is 1.24 bits per heavy atom. The van der Waals surface area contributed by atoms with Crippen LogP contribution in [-0.4, -0.2) is 112 Å². The van der Waals surface area contributed by atoms with Crippen molar-refractivity contribution in [1.29, 1.82) is 0 Å². The van der Waals surface area contributed by atoms with Crippen LogP contribution in [0, 0.1) is 13.8 Å². The summed E-state index contributed by atoms with van der Waals surface area (Å²) >= 11 is 12.3. The summed E-state index contributed by atoms with van der Waals surface area (Å²) in [7, 11) is 12.5. The van der Waals surface area contributed by atoms with E-state index in [0.717, 1.165) is 82.7 Å². The largest absolute Gasteiger partial charge is 0.459 e. The van der Waals surface area contributed by atoms with E-state index < -0.39 is 25.1 Å². The van der Waals surface area contributed by atoms with Crippen LogP contribution in [0.2, 0.25) is 0 Å². The van der Waals surface area contributed by atoms with E-state index in [0.29, 0.717) is 11.4 Å². The Bertz CT molecular complexity index is 2840. The van der Waals surface area contributed by atoms with E-state index >= 15 is 0 Å². The van der Waals surface area contributed by atoms with Crippen molar-refractivity contribution in [3.05, 3.63) is 96.0 Å². The molecular formula is C42H66Cl2F7N13O7S+2. The number of rotatable bonds is 2. The molecule has 0 aromatic carbocycles. The normalized spacial score (nSPS) is 17.8. The number of allylic oxidation sites excluding steroid dienone is 2. The molecule has 2 amide bonds. The molecule has 0 radical (unpaired) electrons. The van der Waals surface area contributed by atoms with E-state index in [-0.39, 0.29) is 73.6 Å². The van der Waals surface area contributed by atoms with E-state index in [9.17, 15) is 50.7 Å². The lowest BCUT2D eigenvalue weighted by molar-refractivity contribution is -0.634. The Morgan fingerprint density at radius 3 is 1.60 bits per heavy atom. The van der Waals surface area contributed by atoms with Gasteiger partial charge in [0.1, 0.15) is 27.3 Å². The summed E-state index contributed by atoms with van der Waals surface area (Å²) < 4.78 is 75.6. The van der Waals surface area contributed by atoms with Crippen LogP contribution in [0.15, 0.2) is 73.1 Å². The van der Waals surface area contributed by atoms with Crippen LogP contribution in [0.1, 0.15) is 78.7 Å². The average Bonchev–Trinajstić information content (AvgIpc) is 3.97. The standard InChI is InChI=1S/C9H11NO2.C7H11N3OS.C7H10N2O2.C6H7ClF3N2.C6H8ClF2N2O.C5H9N3O.2CH4.2FH/c1-10-8(11)6-4-2-3-5-7(6)9(10)12;1-8-6-9-4-2-3-5-10(9)7(11)12-6;1-5-4-6(10)9(3)7(11)8(5)2;1-3-4(7)5(6(8,9)10)12(2)11-3;1-3-4(7)5(11(2)10-3)12-6(8)9;1-4-6-8(3)5(9)7(4)2;;;;/h2*2-5H2,1H3;4H,1-3H3;5H,1-2H3;5-6H,1-2H3;1-3H3;2*1H4;2*1H/q;;;2*+1;;;;;. The van der Waals surface area contributed by atoms with E-state index in [1.165, 1.54) is 68.9 Å². The van der Waals surface area contributed by atoms with Gasteiger partial charge < -0.3 is 4.57 Å². The molecule has 3 aromatic rings. The fourth-order valence-electron chi connectivity index (χ4n) is 6.88. The van der Waals surface area contributed by atoms with Gasteiger partial charge in [-0.3, -0.25) is 57.0 Å². The Hall–Kier alpha value is -5.61. The van der Waals surface area contributed by atoms with Crippen LogP contribution in [0.3, 0.4) is 0 Å². The molecule has 0 spiro atoms. The molecule has 0 saturated carbocycles. The number of ether oxygens (including phenoxy) is 1. The molecule has 0 saturated heterocycles. The van der Waals surface area contributed by atoms with Gasteiger partial charge in [0.05, 0.1) is 0 Å². The second-order valence-electron chi connectivity index (χ2n) is 15.6. The quantitative estimate of drug-likeness (QED) is 0.171. The first kappa shape index (κ1) is 68.5. The second-order valence-corrected chi connectivity index (χ2v) is 17.3. The van der Waals surface area contributed by atoms with Gasteiger partial charge in [0.2, 0.25) is 4.80 Å². The zero-order valence-electron chi connectivity index (χ0n) is 40.5. The van der Waals surface area contributed by atoms with Crippen LogP contribution >= 0.6 is 34.5 Å². The topological polar surface area (TPSA) is 200 Å². The van der Waals surface area contributed by atoms with E-state index in [1.807, 2.05) is 4.68 Å². The van der Waals surface area contributed by atoms with Gasteiger partial charge in [0.25, 0.3) is 17.4 Å². The number of nitrogens with zero attached hydrogens (tertiary/aromatic N) is 13. The van der Waals surface area contributed by atoms with Crippen molar-refractivity contribution in [3.8, 4) is 0 Å². The Balaban J connectivity index is 0. The monoisotopic (exact) mass is 1100 g/mol. The first-order chi connectivity index (χ1) is 31.6. The van der Waals surface area contributed by atoms with Crippen LogP contribution in [0.4, 0.5) is 31.4 Å². The van der Waals surface area contributed by atoms with Crippen molar-refractivity contribution in [1.82, 2.24) is 37.7 Å². The summed E-state index contributed by atoms with van der Waals surface area (Å²) in [4.78, 5) is 73.4. The molecule has 30 heteroatoms. The number of halogens is 9. The highest BCUT2D eigenvalue weighted by molar-refractivity contribution is 7.06. The first-order valence-electron chi connectivity index (χ1n) is 20.8. The molecule has 20 nitrogen and oxygen atoms in total. The third kappa shape index (κ3) is 16.7. The molecule has 2 unspecified atom stereocenters. The fourth-order valence-corrected chi connectivity index (χ4v) is 8.25. The predicted molar refractivity (Wildman–Crippen MR) is 259 cm³/mol. The van der Waals surface area contributed by atoms with Gasteiger partial charge in [-0.25, -0.2) is 19.0 Å². The molecule has 408 valence electrons. The van der Waals surface area contributed by atoms with Gasteiger partial charge in [-0.05, 0) is 87.8 Å². The number of fused-ring (bicyclic) bond motifs is 1. The molecule has 2 atom stereocenters. The number of imide groups is 1. The second kappa shape index (κ2) is 29.2. The Morgan fingerprint density at radius 1 is 0.750 bits per heavy atom. The third-order valence-corrected chi connectivity index (χ3v) is 12.7. The highest BCUT2D eigenvalue weighted by Gasteiger charge is 2.54. The van der Waals surface area contributed by atoms with Crippen molar-refractivity contribution < 1.29 is 55.1 Å². The lowest BCUT2D eigenvalue weighted by Gasteiger charge is -2.15. The van der Waals surface area contributed by atoms with Crippen LogP contribution in [-0.2, 0) is 55.6 Å². The minimum Gasteiger partial charge on any atom is -0.301 e. The fraction of sp³-hybridized carbons (Fsp3) is 0.619. The zero-order chi connectivity index (χ0) is 51.7. The number of carbonyl (C=O) groups excluding carboxylic acids is 2. The van der Waals surface area contributed by atoms with Crippen molar-refractivity contribution in [2.75, 3.05) is 28.2 Å².